The van der Waals surface area contributed by atoms with Crippen molar-refractivity contribution in [2.24, 2.45) is 5.73 Å². The first-order valence-electron chi connectivity index (χ1n) is 2.57. The Morgan fingerprint density at radius 1 is 1.70 bits per heavy atom. The van der Waals surface area contributed by atoms with Crippen LogP contribution >= 0.6 is 0 Å². The first-order valence-corrected chi connectivity index (χ1v) is 4.18. The third-order valence-corrected chi connectivity index (χ3v) is 2.81. The van der Waals surface area contributed by atoms with Crippen molar-refractivity contribution < 1.29 is 13.2 Å². The maximum Gasteiger partial charge on any atom is 0.235 e. The second-order valence-electron chi connectivity index (χ2n) is 1.80. The normalized spacial score (nSPS) is 14.1. The Kier molecular flexibility index (Phi) is 2.59. The monoisotopic (exact) mass is 163 g/mol. The number of hydrogen-bond donors (Lipinski definition) is 1. The summed E-state index contributed by atoms with van der Waals surface area (Å²) in [6, 6.07) is 0. The van der Waals surface area contributed by atoms with E-state index < -0.39 is 21.0 Å². The van der Waals surface area contributed by atoms with Gasteiger partial charge in [-0.05, 0) is 6.92 Å². The fourth-order valence-electron chi connectivity index (χ4n) is 0.306. The van der Waals surface area contributed by atoms with Crippen LogP contribution in [0.2, 0.25) is 0 Å². The molecule has 2 N–H and O–H groups in total. The minimum Gasteiger partial charge on any atom is -0.369 e. The van der Waals surface area contributed by atoms with E-state index in [2.05, 4.69) is 6.58 Å². The van der Waals surface area contributed by atoms with E-state index in [0.29, 0.717) is 0 Å². The zero-order valence-corrected chi connectivity index (χ0v) is 6.39. The highest BCUT2D eigenvalue weighted by atomic mass is 32.2. The first kappa shape index (κ1) is 9.16. The highest BCUT2D eigenvalue weighted by Crippen LogP contribution is 2.00. The SMILES string of the molecule is C=CS(=O)(=O)C(C)C(N)=O. The van der Waals surface area contributed by atoms with Gasteiger partial charge in [0.1, 0.15) is 5.25 Å². The lowest BCUT2D eigenvalue weighted by molar-refractivity contribution is -0.117. The summed E-state index contributed by atoms with van der Waals surface area (Å²) >= 11 is 0. The quantitative estimate of drug-likeness (QED) is 0.604. The summed E-state index contributed by atoms with van der Waals surface area (Å²) in [4.78, 5) is 10.3. The van der Waals surface area contributed by atoms with Gasteiger partial charge in [-0.2, -0.15) is 0 Å². The molecule has 5 heteroatoms. The van der Waals surface area contributed by atoms with Crippen LogP contribution in [-0.2, 0) is 14.6 Å². The molecule has 0 spiro atoms. The van der Waals surface area contributed by atoms with Crippen molar-refractivity contribution >= 4 is 15.7 Å². The predicted octanol–water partition coefficient (Wildman–Crippen LogP) is -0.581. The molecule has 0 aromatic rings. The van der Waals surface area contributed by atoms with Crippen molar-refractivity contribution in [1.82, 2.24) is 0 Å². The molecule has 0 fully saturated rings. The summed E-state index contributed by atoms with van der Waals surface area (Å²) in [5.74, 6) is -0.861. The van der Waals surface area contributed by atoms with Gasteiger partial charge < -0.3 is 5.73 Å². The maximum absolute atomic E-state index is 10.7. The van der Waals surface area contributed by atoms with Crippen molar-refractivity contribution in [2.45, 2.75) is 12.2 Å². The number of carbonyl (C=O) groups is 1. The molecule has 0 aromatic carbocycles. The number of primary amides is 1. The van der Waals surface area contributed by atoms with Gasteiger partial charge in [0.15, 0.2) is 9.84 Å². The van der Waals surface area contributed by atoms with Crippen molar-refractivity contribution in [1.29, 1.82) is 0 Å². The van der Waals surface area contributed by atoms with Gasteiger partial charge in [-0.15, -0.1) is 0 Å². The fraction of sp³-hybridized carbons (Fsp3) is 0.400. The maximum atomic E-state index is 10.7. The molecule has 10 heavy (non-hydrogen) atoms. The molecule has 0 saturated carbocycles. The van der Waals surface area contributed by atoms with Gasteiger partial charge in [-0.3, -0.25) is 4.79 Å². The predicted molar refractivity (Wildman–Crippen MR) is 37.8 cm³/mol. The van der Waals surface area contributed by atoms with Gasteiger partial charge in [0.25, 0.3) is 0 Å². The molecule has 0 radical (unpaired) electrons. The van der Waals surface area contributed by atoms with Gasteiger partial charge in [-0.25, -0.2) is 8.42 Å². The lowest BCUT2D eigenvalue weighted by atomic mass is 10.5. The van der Waals surface area contributed by atoms with Crippen molar-refractivity contribution in [2.75, 3.05) is 0 Å². The molecular weight excluding hydrogens is 154 g/mol. The standard InChI is InChI=1S/C5H9NO3S/c1-3-10(8,9)4(2)5(6)7/h3-4H,1H2,2H3,(H2,6,7). The first-order chi connectivity index (χ1) is 4.41. The number of sulfone groups is 1. The third-order valence-electron chi connectivity index (χ3n) is 1.13. The molecule has 58 valence electrons. The second kappa shape index (κ2) is 2.83. The van der Waals surface area contributed by atoms with Crippen LogP contribution in [0.25, 0.3) is 0 Å². The zero-order valence-electron chi connectivity index (χ0n) is 5.57. The summed E-state index contributed by atoms with van der Waals surface area (Å²) in [7, 11) is -3.51. The molecule has 0 saturated heterocycles. The van der Waals surface area contributed by atoms with Crippen LogP contribution < -0.4 is 5.73 Å². The average molecular weight is 163 g/mol. The van der Waals surface area contributed by atoms with Gasteiger partial charge in [0.05, 0.1) is 0 Å². The molecule has 1 unspecified atom stereocenters. The van der Waals surface area contributed by atoms with E-state index in [1.165, 1.54) is 6.92 Å². The van der Waals surface area contributed by atoms with E-state index in [1.54, 1.807) is 0 Å². The summed E-state index contributed by atoms with van der Waals surface area (Å²) < 4.78 is 21.4. The number of nitrogens with two attached hydrogens (primary N) is 1. The minimum atomic E-state index is -3.51. The summed E-state index contributed by atoms with van der Waals surface area (Å²) in [6.07, 6.45) is 0. The van der Waals surface area contributed by atoms with Crippen molar-refractivity contribution in [3.8, 4) is 0 Å². The number of hydrogen-bond acceptors (Lipinski definition) is 3. The van der Waals surface area contributed by atoms with Gasteiger partial charge in [0, 0.05) is 5.41 Å². The van der Waals surface area contributed by atoms with E-state index in [-0.39, 0.29) is 0 Å². The lowest BCUT2D eigenvalue weighted by Crippen LogP contribution is -2.31. The summed E-state index contributed by atoms with van der Waals surface area (Å²) in [6.45, 7) is 4.26. The Balaban J connectivity index is 4.67. The smallest absolute Gasteiger partial charge is 0.235 e. The molecular formula is C5H9NO3S. The van der Waals surface area contributed by atoms with Crippen LogP contribution in [0.5, 0.6) is 0 Å². The highest BCUT2D eigenvalue weighted by Gasteiger charge is 2.21. The molecule has 0 aromatic heterocycles. The van der Waals surface area contributed by atoms with Gasteiger partial charge >= 0.3 is 0 Å². The van der Waals surface area contributed by atoms with E-state index >= 15 is 0 Å². The van der Waals surface area contributed by atoms with Gasteiger partial charge in [0.2, 0.25) is 5.91 Å². The fourth-order valence-corrected chi connectivity index (χ4v) is 0.919. The van der Waals surface area contributed by atoms with Crippen LogP contribution in [0.15, 0.2) is 12.0 Å². The molecule has 0 aliphatic carbocycles. The molecule has 1 atom stereocenters. The Morgan fingerprint density at radius 3 is 2.20 bits per heavy atom. The van der Waals surface area contributed by atoms with Crippen LogP contribution in [0.3, 0.4) is 0 Å². The molecule has 1 amide bonds. The van der Waals surface area contributed by atoms with Crippen molar-refractivity contribution in [3.05, 3.63) is 12.0 Å². The van der Waals surface area contributed by atoms with Crippen LogP contribution in [0, 0.1) is 0 Å². The molecule has 4 nitrogen and oxygen atoms in total. The Morgan fingerprint density at radius 2 is 2.10 bits per heavy atom. The third kappa shape index (κ3) is 1.84. The Hall–Kier alpha value is -0.840. The highest BCUT2D eigenvalue weighted by molar-refractivity contribution is 7.95. The summed E-state index contributed by atoms with van der Waals surface area (Å²) in [5.41, 5.74) is 4.73. The summed E-state index contributed by atoms with van der Waals surface area (Å²) in [5, 5.41) is -0.451. The Bertz CT molecular complexity index is 242. The minimum absolute atomic E-state index is 0.725. The van der Waals surface area contributed by atoms with E-state index in [0.717, 1.165) is 5.41 Å². The van der Waals surface area contributed by atoms with Crippen LogP contribution in [0.1, 0.15) is 6.92 Å². The largest absolute Gasteiger partial charge is 0.369 e. The van der Waals surface area contributed by atoms with Gasteiger partial charge in [-0.1, -0.05) is 6.58 Å². The molecule has 0 heterocycles. The molecule has 0 aliphatic heterocycles. The zero-order chi connectivity index (χ0) is 8.36. The Labute approximate surface area is 59.6 Å². The molecule has 0 bridgehead atoms. The van der Waals surface area contributed by atoms with E-state index in [9.17, 15) is 13.2 Å². The second-order valence-corrected chi connectivity index (χ2v) is 4.02. The average Bonchev–Trinajstić information content (AvgIpc) is 1.86. The van der Waals surface area contributed by atoms with Crippen LogP contribution in [0.4, 0.5) is 0 Å². The number of amides is 1. The van der Waals surface area contributed by atoms with Crippen molar-refractivity contribution in [3.63, 3.8) is 0 Å². The topological polar surface area (TPSA) is 77.2 Å². The van der Waals surface area contributed by atoms with E-state index in [1.807, 2.05) is 0 Å². The number of carbonyl (C=O) groups excluding carboxylic acids is 1. The molecule has 0 aliphatic rings. The lowest BCUT2D eigenvalue weighted by Gasteiger charge is -2.02. The molecule has 0 rings (SSSR count). The van der Waals surface area contributed by atoms with Crippen LogP contribution in [-0.4, -0.2) is 19.6 Å². The number of rotatable bonds is 3. The van der Waals surface area contributed by atoms with E-state index in [4.69, 9.17) is 5.73 Å².